The van der Waals surface area contributed by atoms with Gasteiger partial charge in [-0.15, -0.1) is 0 Å². The molecule has 2 rings (SSSR count). The first-order valence-electron chi connectivity index (χ1n) is 6.15. The summed E-state index contributed by atoms with van der Waals surface area (Å²) >= 11 is 13.2. The van der Waals surface area contributed by atoms with Crippen molar-refractivity contribution in [1.82, 2.24) is 0 Å². The van der Waals surface area contributed by atoms with E-state index in [1.165, 1.54) is 0 Å². The molecular formula is C12H14Cl2N4OS. The van der Waals surface area contributed by atoms with Crippen LogP contribution >= 0.6 is 23.2 Å². The van der Waals surface area contributed by atoms with Crippen molar-refractivity contribution in [2.45, 2.75) is 19.8 Å². The number of anilines is 1. The molecule has 1 aliphatic heterocycles. The van der Waals surface area contributed by atoms with Crippen LogP contribution in [-0.2, 0) is 16.1 Å². The number of halogens is 2. The van der Waals surface area contributed by atoms with Crippen molar-refractivity contribution in [3.05, 3.63) is 16.1 Å². The molecule has 0 saturated carbocycles. The van der Waals surface area contributed by atoms with Gasteiger partial charge in [0.15, 0.2) is 0 Å². The van der Waals surface area contributed by atoms with Crippen molar-refractivity contribution in [3.63, 3.8) is 0 Å². The Balaban J connectivity index is 2.21. The van der Waals surface area contributed by atoms with Crippen molar-refractivity contribution in [2.75, 3.05) is 11.9 Å². The van der Waals surface area contributed by atoms with Gasteiger partial charge < -0.3 is 11.1 Å². The second-order valence-corrected chi connectivity index (χ2v) is 5.84. The van der Waals surface area contributed by atoms with Crippen LogP contribution in [0.15, 0.2) is 14.8 Å². The number of carbonyl (C=O) groups is 1. The van der Waals surface area contributed by atoms with E-state index in [4.69, 9.17) is 28.9 Å². The summed E-state index contributed by atoms with van der Waals surface area (Å²) in [7, 11) is 0. The van der Waals surface area contributed by atoms with Crippen molar-refractivity contribution >= 4 is 57.5 Å². The average Bonchev–Trinajstić information content (AvgIpc) is 2.90. The molecule has 1 atom stereocenters. The molecule has 0 radical (unpaired) electrons. The summed E-state index contributed by atoms with van der Waals surface area (Å²) in [6, 6.07) is 1.56. The molecular weight excluding hydrogens is 319 g/mol. The number of nitrogens with two attached hydrogens (primary N) is 1. The van der Waals surface area contributed by atoms with E-state index in [0.717, 1.165) is 24.2 Å². The summed E-state index contributed by atoms with van der Waals surface area (Å²) in [5.41, 5.74) is 6.98. The summed E-state index contributed by atoms with van der Waals surface area (Å²) in [5, 5.41) is 3.59. The van der Waals surface area contributed by atoms with E-state index in [0.29, 0.717) is 33.7 Å². The number of nitrogens with zero attached hydrogens (tertiary/aromatic N) is 2. The molecule has 0 bridgehead atoms. The zero-order valence-electron chi connectivity index (χ0n) is 10.8. The number of carbonyl (C=O) groups excluding carboxylic acids is 1. The molecule has 0 aliphatic carbocycles. The van der Waals surface area contributed by atoms with Gasteiger partial charge in [0.05, 0.1) is 27.1 Å². The molecule has 0 spiro atoms. The maximum atomic E-state index is 12.1. The van der Waals surface area contributed by atoms with Crippen molar-refractivity contribution in [2.24, 2.45) is 20.4 Å². The average molecular weight is 333 g/mol. The van der Waals surface area contributed by atoms with Crippen molar-refractivity contribution in [3.8, 4) is 0 Å². The molecule has 0 aromatic heterocycles. The van der Waals surface area contributed by atoms with E-state index in [2.05, 4.69) is 14.0 Å². The van der Waals surface area contributed by atoms with Gasteiger partial charge in [-0.3, -0.25) is 4.79 Å². The number of benzene rings is 1. The van der Waals surface area contributed by atoms with Gasteiger partial charge in [-0.25, -0.2) is 0 Å². The molecule has 1 heterocycles. The fraction of sp³-hybridized carbons (Fsp3) is 0.417. The minimum absolute atomic E-state index is 0.114. The lowest BCUT2D eigenvalue weighted by molar-refractivity contribution is -0.119. The maximum Gasteiger partial charge on any atom is 0.227 e. The second-order valence-electron chi connectivity index (χ2n) is 4.50. The molecule has 3 N–H and O–H groups in total. The van der Waals surface area contributed by atoms with Gasteiger partial charge in [-0.05, 0) is 25.5 Å². The van der Waals surface area contributed by atoms with Crippen LogP contribution in [0.5, 0.6) is 0 Å². The number of hydrogen-bond acceptors (Lipinski definition) is 4. The van der Waals surface area contributed by atoms with E-state index in [-0.39, 0.29) is 11.8 Å². The number of fused-ring (bicyclic) bond motifs is 1. The van der Waals surface area contributed by atoms with E-state index in [9.17, 15) is 4.79 Å². The van der Waals surface area contributed by atoms with Crippen LogP contribution in [0, 0.1) is 5.92 Å². The summed E-state index contributed by atoms with van der Waals surface area (Å²) < 4.78 is 8.24. The minimum Gasteiger partial charge on any atom is -0.330 e. The van der Waals surface area contributed by atoms with Gasteiger partial charge in [0, 0.05) is 5.92 Å². The molecule has 1 aliphatic rings. The molecule has 8 heteroatoms. The summed E-state index contributed by atoms with van der Waals surface area (Å²) in [6.07, 6.45) is 1.53. The van der Waals surface area contributed by atoms with Gasteiger partial charge in [-0.1, -0.05) is 30.1 Å². The van der Waals surface area contributed by atoms with Crippen LogP contribution in [0.25, 0.3) is 0 Å². The first kappa shape index (κ1) is 15.4. The van der Waals surface area contributed by atoms with Gasteiger partial charge in [0.2, 0.25) is 5.91 Å². The van der Waals surface area contributed by atoms with Crippen molar-refractivity contribution in [1.29, 1.82) is 0 Å². The Hall–Kier alpha value is -0.950. The molecule has 0 saturated heterocycles. The highest BCUT2D eigenvalue weighted by Gasteiger charge is 2.22. The minimum atomic E-state index is -0.146. The fourth-order valence-corrected chi connectivity index (χ4v) is 2.95. The van der Waals surface area contributed by atoms with Crippen LogP contribution in [0.4, 0.5) is 17.1 Å². The highest BCUT2D eigenvalue weighted by molar-refractivity contribution is 7.58. The van der Waals surface area contributed by atoms with Crippen LogP contribution in [0.2, 0.25) is 10.0 Å². The lowest BCUT2D eigenvalue weighted by Crippen LogP contribution is -2.21. The van der Waals surface area contributed by atoms with E-state index in [1.807, 2.05) is 6.92 Å². The Morgan fingerprint density at radius 1 is 1.40 bits per heavy atom. The standard InChI is InChI=1S/C12H14Cl2N4OS/c1-6(3-2-4-15)12(19)16-9-7(13)5-8(14)10-11(9)18-20-17-10/h5-6H,2-4,15H2,1H3,(H,16,19). The molecule has 108 valence electrons. The lowest BCUT2D eigenvalue weighted by atomic mass is 10.0. The van der Waals surface area contributed by atoms with Gasteiger partial charge >= 0.3 is 0 Å². The zero-order chi connectivity index (χ0) is 14.7. The smallest absolute Gasteiger partial charge is 0.227 e. The molecule has 1 aromatic rings. The monoisotopic (exact) mass is 332 g/mol. The fourth-order valence-electron chi connectivity index (χ4n) is 1.79. The normalized spacial score (nSPS) is 13.8. The molecule has 1 amide bonds. The van der Waals surface area contributed by atoms with E-state index < -0.39 is 0 Å². The van der Waals surface area contributed by atoms with Crippen LogP contribution < -0.4 is 11.1 Å². The quantitative estimate of drug-likeness (QED) is 0.866. The molecule has 20 heavy (non-hydrogen) atoms. The van der Waals surface area contributed by atoms with Crippen LogP contribution in [-0.4, -0.2) is 12.5 Å². The number of nitrogens with one attached hydrogen (secondary N) is 1. The second kappa shape index (κ2) is 6.67. The number of rotatable bonds is 5. The summed E-state index contributed by atoms with van der Waals surface area (Å²) in [5.74, 6) is -0.260. The predicted molar refractivity (Wildman–Crippen MR) is 84.1 cm³/mol. The summed E-state index contributed by atoms with van der Waals surface area (Å²) in [6.45, 7) is 2.42. The van der Waals surface area contributed by atoms with Crippen LogP contribution in [0.1, 0.15) is 19.8 Å². The van der Waals surface area contributed by atoms with Gasteiger partial charge in [0.1, 0.15) is 11.4 Å². The Bertz CT molecular complexity index is 614. The molecule has 1 aromatic carbocycles. The third kappa shape index (κ3) is 3.20. The highest BCUT2D eigenvalue weighted by atomic mass is 35.5. The molecule has 5 nitrogen and oxygen atoms in total. The zero-order valence-corrected chi connectivity index (χ0v) is 13.1. The third-order valence-electron chi connectivity index (χ3n) is 2.98. The molecule has 0 fully saturated rings. The predicted octanol–water partition coefficient (Wildman–Crippen LogP) is 4.03. The Labute approximate surface area is 130 Å². The van der Waals surface area contributed by atoms with Gasteiger partial charge in [-0.2, -0.15) is 8.73 Å². The Morgan fingerprint density at radius 3 is 2.80 bits per heavy atom. The summed E-state index contributed by atoms with van der Waals surface area (Å²) in [4.78, 5) is 12.1. The maximum absolute atomic E-state index is 12.1. The topological polar surface area (TPSA) is 79.8 Å². The third-order valence-corrected chi connectivity index (χ3v) is 4.10. The SMILES string of the molecule is CC(CCCN)C(=O)Nc1c(Cl)cc(Cl)c2c1N=S=N2. The number of amides is 1. The first-order valence-corrected chi connectivity index (χ1v) is 7.64. The van der Waals surface area contributed by atoms with E-state index >= 15 is 0 Å². The van der Waals surface area contributed by atoms with Gasteiger partial charge in [0.25, 0.3) is 0 Å². The lowest BCUT2D eigenvalue weighted by Gasteiger charge is -2.14. The Kier molecular flexibility index (Phi) is 5.15. The Morgan fingerprint density at radius 2 is 2.10 bits per heavy atom. The number of hydrogen-bond donors (Lipinski definition) is 2. The first-order chi connectivity index (χ1) is 9.54. The highest BCUT2D eigenvalue weighted by Crippen LogP contribution is 2.47. The molecule has 1 unspecified atom stereocenters. The van der Waals surface area contributed by atoms with E-state index in [1.54, 1.807) is 6.07 Å². The largest absolute Gasteiger partial charge is 0.330 e. The van der Waals surface area contributed by atoms with Crippen molar-refractivity contribution < 1.29 is 4.79 Å². The van der Waals surface area contributed by atoms with Crippen LogP contribution in [0.3, 0.4) is 0 Å².